The highest BCUT2D eigenvalue weighted by Gasteiger charge is 2.39. The average molecular weight is 272 g/mol. The second kappa shape index (κ2) is 5.89. The summed E-state index contributed by atoms with van der Waals surface area (Å²) in [5.74, 6) is 0. The molecule has 0 bridgehead atoms. The number of hydrogen-bond donors (Lipinski definition) is 1. The Morgan fingerprint density at radius 2 is 2.12 bits per heavy atom. The second-order valence-electron chi connectivity index (χ2n) is 3.46. The molecule has 1 heterocycles. The van der Waals surface area contributed by atoms with Gasteiger partial charge in [0.1, 0.15) is 6.04 Å². The summed E-state index contributed by atoms with van der Waals surface area (Å²) in [5, 5.41) is 2.51. The lowest BCUT2D eigenvalue weighted by atomic mass is 10.1. The van der Waals surface area contributed by atoms with Gasteiger partial charge in [-0.05, 0) is 25.1 Å². The van der Waals surface area contributed by atoms with Crippen LogP contribution in [0.4, 0.5) is 13.2 Å². The number of alkyl halides is 3. The molecule has 0 radical (unpaired) electrons. The van der Waals surface area contributed by atoms with Crippen LogP contribution in [0.2, 0.25) is 4.34 Å². The average Bonchev–Trinajstić information content (AvgIpc) is 2.57. The lowest BCUT2D eigenvalue weighted by molar-refractivity contribution is -0.155. The minimum atomic E-state index is -4.22. The van der Waals surface area contributed by atoms with Gasteiger partial charge in [0.25, 0.3) is 0 Å². The Bertz CT molecular complexity index is 324. The van der Waals surface area contributed by atoms with E-state index in [-0.39, 0.29) is 6.42 Å². The molecule has 0 saturated carbocycles. The highest BCUT2D eigenvalue weighted by atomic mass is 35.5. The summed E-state index contributed by atoms with van der Waals surface area (Å²) in [6, 6.07) is 1.77. The molecular weight excluding hydrogens is 259 g/mol. The van der Waals surface area contributed by atoms with Gasteiger partial charge in [-0.2, -0.15) is 13.2 Å². The number of rotatable bonds is 5. The maximum absolute atomic E-state index is 12.6. The van der Waals surface area contributed by atoms with Gasteiger partial charge >= 0.3 is 6.18 Å². The van der Waals surface area contributed by atoms with E-state index in [4.69, 9.17) is 11.6 Å². The van der Waals surface area contributed by atoms with Crippen molar-refractivity contribution in [1.29, 1.82) is 0 Å². The lowest BCUT2D eigenvalue weighted by Crippen LogP contribution is -2.44. The topological polar surface area (TPSA) is 12.0 Å². The zero-order valence-electron chi connectivity index (χ0n) is 8.77. The molecule has 1 N–H and O–H groups in total. The zero-order chi connectivity index (χ0) is 12.2. The van der Waals surface area contributed by atoms with Gasteiger partial charge in [0.05, 0.1) is 4.34 Å². The Morgan fingerprint density at radius 3 is 2.56 bits per heavy atom. The van der Waals surface area contributed by atoms with Crippen LogP contribution in [0.5, 0.6) is 0 Å². The van der Waals surface area contributed by atoms with E-state index < -0.39 is 12.2 Å². The van der Waals surface area contributed by atoms with Gasteiger partial charge in [0, 0.05) is 11.3 Å². The van der Waals surface area contributed by atoms with Crippen molar-refractivity contribution in [3.8, 4) is 0 Å². The summed E-state index contributed by atoms with van der Waals surface area (Å²) >= 11 is 6.87. The quantitative estimate of drug-likeness (QED) is 0.857. The second-order valence-corrected chi connectivity index (χ2v) is 5.26. The molecule has 16 heavy (non-hydrogen) atoms. The van der Waals surface area contributed by atoms with Gasteiger partial charge in [-0.25, -0.2) is 0 Å². The van der Waals surface area contributed by atoms with Crippen LogP contribution in [0.3, 0.4) is 0 Å². The molecule has 0 amide bonds. The molecule has 0 aliphatic heterocycles. The van der Waals surface area contributed by atoms with Gasteiger partial charge in [0.2, 0.25) is 0 Å². The summed E-state index contributed by atoms with van der Waals surface area (Å²) in [7, 11) is 0. The van der Waals surface area contributed by atoms with Gasteiger partial charge in [-0.15, -0.1) is 11.3 Å². The fraction of sp³-hybridized carbons (Fsp3) is 0.600. The molecule has 1 atom stereocenters. The fourth-order valence-electron chi connectivity index (χ4n) is 1.28. The molecule has 1 aromatic rings. The zero-order valence-corrected chi connectivity index (χ0v) is 10.3. The molecule has 1 nitrogen and oxygen atoms in total. The van der Waals surface area contributed by atoms with Crippen molar-refractivity contribution in [2.24, 2.45) is 0 Å². The summed E-state index contributed by atoms with van der Waals surface area (Å²) < 4.78 is 38.5. The first kappa shape index (κ1) is 13.8. The normalized spacial score (nSPS) is 14.1. The molecule has 92 valence electrons. The van der Waals surface area contributed by atoms with E-state index >= 15 is 0 Å². The van der Waals surface area contributed by atoms with E-state index in [2.05, 4.69) is 5.32 Å². The molecule has 0 aliphatic carbocycles. The van der Waals surface area contributed by atoms with Crippen LogP contribution in [0.25, 0.3) is 0 Å². The predicted octanol–water partition coefficient (Wildman–Crippen LogP) is 3.87. The molecule has 0 aliphatic rings. The third kappa shape index (κ3) is 4.31. The molecular formula is C10H13ClF3NS. The first-order valence-corrected chi connectivity index (χ1v) is 6.17. The SMILES string of the molecule is CCCNC(Cc1ccc(Cl)s1)C(F)(F)F. The Kier molecular flexibility index (Phi) is 5.08. The largest absolute Gasteiger partial charge is 0.404 e. The van der Waals surface area contributed by atoms with E-state index in [1.54, 1.807) is 12.1 Å². The van der Waals surface area contributed by atoms with Crippen molar-refractivity contribution in [3.05, 3.63) is 21.3 Å². The van der Waals surface area contributed by atoms with Gasteiger partial charge in [0.15, 0.2) is 0 Å². The minimum absolute atomic E-state index is 0.0547. The molecule has 6 heteroatoms. The van der Waals surface area contributed by atoms with Crippen molar-refractivity contribution in [1.82, 2.24) is 5.32 Å². The number of nitrogens with one attached hydrogen (secondary N) is 1. The first-order valence-electron chi connectivity index (χ1n) is 4.97. The summed E-state index contributed by atoms with van der Waals surface area (Å²) in [6.07, 6.45) is -3.59. The standard InChI is InChI=1S/C10H13ClF3NS/c1-2-5-15-8(10(12,13)14)6-7-3-4-9(11)16-7/h3-4,8,15H,2,5-6H2,1H3. The van der Waals surface area contributed by atoms with E-state index in [1.165, 1.54) is 11.3 Å². The van der Waals surface area contributed by atoms with Crippen LogP contribution in [0.15, 0.2) is 12.1 Å². The van der Waals surface area contributed by atoms with Crippen molar-refractivity contribution in [2.45, 2.75) is 32.0 Å². The summed E-state index contributed by atoms with van der Waals surface area (Å²) in [6.45, 7) is 2.20. The smallest absolute Gasteiger partial charge is 0.306 e. The van der Waals surface area contributed by atoms with E-state index in [1.807, 2.05) is 6.92 Å². The first-order chi connectivity index (χ1) is 7.43. The van der Waals surface area contributed by atoms with Crippen LogP contribution >= 0.6 is 22.9 Å². The minimum Gasteiger partial charge on any atom is -0.306 e. The number of halogens is 4. The van der Waals surface area contributed by atoms with Crippen LogP contribution in [-0.2, 0) is 6.42 Å². The monoisotopic (exact) mass is 271 g/mol. The van der Waals surface area contributed by atoms with Crippen molar-refractivity contribution in [2.75, 3.05) is 6.54 Å². The Balaban J connectivity index is 2.63. The molecule has 0 fully saturated rings. The summed E-state index contributed by atoms with van der Waals surface area (Å²) in [4.78, 5) is 0.649. The Morgan fingerprint density at radius 1 is 1.44 bits per heavy atom. The Hall–Kier alpha value is -0.260. The third-order valence-corrected chi connectivity index (χ3v) is 3.32. The Labute approximate surface area is 102 Å². The molecule has 1 aromatic heterocycles. The van der Waals surface area contributed by atoms with Crippen molar-refractivity contribution >= 4 is 22.9 Å². The molecule has 1 unspecified atom stereocenters. The van der Waals surface area contributed by atoms with E-state index in [0.717, 1.165) is 0 Å². The third-order valence-electron chi connectivity index (χ3n) is 2.07. The number of thiophene rings is 1. The fourth-order valence-corrected chi connectivity index (χ4v) is 2.42. The van der Waals surface area contributed by atoms with Crippen LogP contribution in [0.1, 0.15) is 18.2 Å². The van der Waals surface area contributed by atoms with Gasteiger partial charge in [-0.1, -0.05) is 18.5 Å². The van der Waals surface area contributed by atoms with E-state index in [9.17, 15) is 13.2 Å². The van der Waals surface area contributed by atoms with Gasteiger partial charge < -0.3 is 5.32 Å². The summed E-state index contributed by atoms with van der Waals surface area (Å²) in [5.41, 5.74) is 0. The van der Waals surface area contributed by atoms with Crippen molar-refractivity contribution in [3.63, 3.8) is 0 Å². The lowest BCUT2D eigenvalue weighted by Gasteiger charge is -2.20. The predicted molar refractivity (Wildman–Crippen MR) is 61.2 cm³/mol. The van der Waals surface area contributed by atoms with Crippen LogP contribution < -0.4 is 5.32 Å². The molecule has 0 spiro atoms. The molecule has 1 rings (SSSR count). The highest BCUT2D eigenvalue weighted by molar-refractivity contribution is 7.16. The molecule has 0 aromatic carbocycles. The highest BCUT2D eigenvalue weighted by Crippen LogP contribution is 2.27. The van der Waals surface area contributed by atoms with E-state index in [0.29, 0.717) is 22.2 Å². The maximum Gasteiger partial charge on any atom is 0.404 e. The van der Waals surface area contributed by atoms with Crippen LogP contribution in [-0.4, -0.2) is 18.8 Å². The number of hydrogen-bond acceptors (Lipinski definition) is 2. The van der Waals surface area contributed by atoms with Gasteiger partial charge in [-0.3, -0.25) is 0 Å². The van der Waals surface area contributed by atoms with Crippen molar-refractivity contribution < 1.29 is 13.2 Å². The maximum atomic E-state index is 12.6. The van der Waals surface area contributed by atoms with Crippen LogP contribution in [0, 0.1) is 0 Å². The molecule has 0 saturated heterocycles.